The van der Waals surface area contributed by atoms with Gasteiger partial charge in [0.15, 0.2) is 5.75 Å². The van der Waals surface area contributed by atoms with Crippen LogP contribution in [0.15, 0.2) is 109 Å². The first-order valence-corrected chi connectivity index (χ1v) is 14.7. The molecule has 0 saturated carbocycles. The van der Waals surface area contributed by atoms with Crippen LogP contribution in [0.5, 0.6) is 5.75 Å². The summed E-state index contributed by atoms with van der Waals surface area (Å²) in [5.74, 6) is -1.78. The van der Waals surface area contributed by atoms with E-state index in [9.17, 15) is 26.4 Å². The number of carbonyl (C=O) groups excluding carboxylic acids is 1. The monoisotopic (exact) mass is 559 g/mol. The molecule has 0 aliphatic rings. The lowest BCUT2D eigenvalue weighted by molar-refractivity contribution is -0.0500. The third kappa shape index (κ3) is 5.44. The lowest BCUT2D eigenvalue weighted by atomic mass is 10.1. The van der Waals surface area contributed by atoms with Gasteiger partial charge in [0.05, 0.1) is 13.3 Å². The molecular formula is C28H23F3O5PS+. The van der Waals surface area contributed by atoms with Crippen LogP contribution in [0.2, 0.25) is 0 Å². The molecular weight excluding hydrogens is 536 g/mol. The van der Waals surface area contributed by atoms with Gasteiger partial charge in [-0.2, -0.15) is 21.6 Å². The largest absolute Gasteiger partial charge is 0.534 e. The molecule has 0 heterocycles. The second-order valence-electron chi connectivity index (χ2n) is 8.28. The van der Waals surface area contributed by atoms with Gasteiger partial charge in [-0.05, 0) is 54.1 Å². The van der Waals surface area contributed by atoms with E-state index in [-0.39, 0.29) is 0 Å². The van der Waals surface area contributed by atoms with Gasteiger partial charge >= 0.3 is 21.6 Å². The van der Waals surface area contributed by atoms with E-state index in [0.717, 1.165) is 23.0 Å². The average molecular weight is 560 g/mol. The summed E-state index contributed by atoms with van der Waals surface area (Å²) >= 11 is 0. The molecule has 0 fully saturated rings. The van der Waals surface area contributed by atoms with E-state index in [4.69, 9.17) is 0 Å². The van der Waals surface area contributed by atoms with Crippen LogP contribution in [0.4, 0.5) is 13.2 Å². The highest BCUT2D eigenvalue weighted by Crippen LogP contribution is 2.58. The molecule has 4 aromatic carbocycles. The molecule has 0 radical (unpaired) electrons. The van der Waals surface area contributed by atoms with Crippen molar-refractivity contribution in [2.45, 2.75) is 11.7 Å². The zero-order chi connectivity index (χ0) is 27.4. The molecule has 196 valence electrons. The second kappa shape index (κ2) is 11.0. The number of benzene rings is 4. The van der Waals surface area contributed by atoms with Crippen molar-refractivity contribution in [2.75, 3.05) is 7.11 Å². The summed E-state index contributed by atoms with van der Waals surface area (Å²) in [4.78, 5) is 12.3. The lowest BCUT2D eigenvalue weighted by Crippen LogP contribution is -2.32. The minimum atomic E-state index is -6.03. The fourth-order valence-corrected chi connectivity index (χ4v) is 8.92. The summed E-state index contributed by atoms with van der Waals surface area (Å²) < 4.78 is 72.2. The zero-order valence-electron chi connectivity index (χ0n) is 20.1. The Labute approximate surface area is 219 Å². The number of esters is 1. The van der Waals surface area contributed by atoms with E-state index in [0.29, 0.717) is 11.7 Å². The number of hydrogen-bond acceptors (Lipinski definition) is 5. The Morgan fingerprint density at radius 3 is 1.61 bits per heavy atom. The zero-order valence-corrected chi connectivity index (χ0v) is 21.8. The van der Waals surface area contributed by atoms with Crippen molar-refractivity contribution in [3.63, 3.8) is 0 Å². The number of carbonyl (C=O) groups is 1. The van der Waals surface area contributed by atoms with Crippen LogP contribution < -0.4 is 20.1 Å². The standard InChI is InChI=1S/C28H23F3O5PS/c1-35-27(32)25-18-17-21(19-26(25)36-38(33,34)28(29,30)31)20-37(22-11-5-2-6-12-22,23-13-7-3-8-14-23)24-15-9-4-10-16-24/h2-19H,20H2,1H3/q+1. The Morgan fingerprint density at radius 1 is 0.763 bits per heavy atom. The Hall–Kier alpha value is -3.68. The van der Waals surface area contributed by atoms with Crippen molar-refractivity contribution in [1.29, 1.82) is 0 Å². The van der Waals surface area contributed by atoms with Crippen molar-refractivity contribution < 1.29 is 35.3 Å². The maximum Gasteiger partial charge on any atom is 0.534 e. The van der Waals surface area contributed by atoms with Gasteiger partial charge < -0.3 is 8.92 Å². The van der Waals surface area contributed by atoms with Crippen LogP contribution in [0.1, 0.15) is 15.9 Å². The van der Waals surface area contributed by atoms with Gasteiger partial charge in [-0.1, -0.05) is 60.7 Å². The molecule has 0 N–H and O–H groups in total. The number of rotatable bonds is 8. The molecule has 0 aromatic heterocycles. The number of hydrogen-bond donors (Lipinski definition) is 0. The van der Waals surface area contributed by atoms with E-state index in [2.05, 4.69) is 8.92 Å². The van der Waals surface area contributed by atoms with Crippen LogP contribution in [0.25, 0.3) is 0 Å². The molecule has 0 atom stereocenters. The van der Waals surface area contributed by atoms with E-state index < -0.39 is 40.2 Å². The molecule has 38 heavy (non-hydrogen) atoms. The van der Waals surface area contributed by atoms with Crippen LogP contribution in [0.3, 0.4) is 0 Å². The normalized spacial score (nSPS) is 12.1. The summed E-state index contributed by atoms with van der Waals surface area (Å²) in [5.41, 5.74) is -5.63. The molecule has 0 amide bonds. The van der Waals surface area contributed by atoms with Crippen molar-refractivity contribution in [3.8, 4) is 5.75 Å². The summed E-state index contributed by atoms with van der Waals surface area (Å²) in [5, 5.41) is 3.04. The molecule has 0 bridgehead atoms. The molecule has 4 aromatic rings. The maximum absolute atomic E-state index is 13.1. The SMILES string of the molecule is COC(=O)c1ccc(C[P+](c2ccccc2)(c2ccccc2)c2ccccc2)cc1OS(=O)(=O)C(F)(F)F. The van der Waals surface area contributed by atoms with Gasteiger partial charge in [-0.15, -0.1) is 0 Å². The highest BCUT2D eigenvalue weighted by molar-refractivity contribution is 7.95. The topological polar surface area (TPSA) is 69.7 Å². The van der Waals surface area contributed by atoms with Crippen molar-refractivity contribution in [3.05, 3.63) is 120 Å². The van der Waals surface area contributed by atoms with Crippen LogP contribution in [-0.4, -0.2) is 27.0 Å². The van der Waals surface area contributed by atoms with E-state index in [1.54, 1.807) is 6.07 Å². The predicted octanol–water partition coefficient (Wildman–Crippen LogP) is 5.20. The number of alkyl halides is 3. The smallest absolute Gasteiger partial charge is 0.465 e. The first-order chi connectivity index (χ1) is 18.1. The second-order valence-corrected chi connectivity index (χ2v) is 13.3. The maximum atomic E-state index is 13.1. The average Bonchev–Trinajstić information content (AvgIpc) is 2.92. The summed E-state index contributed by atoms with van der Waals surface area (Å²) in [7, 11) is -7.46. The molecule has 4 rings (SSSR count). The fourth-order valence-electron chi connectivity index (χ4n) is 4.22. The first-order valence-electron chi connectivity index (χ1n) is 11.4. The first kappa shape index (κ1) is 27.4. The van der Waals surface area contributed by atoms with Crippen LogP contribution >= 0.6 is 7.26 Å². The van der Waals surface area contributed by atoms with Gasteiger partial charge in [-0.3, -0.25) is 0 Å². The van der Waals surface area contributed by atoms with Crippen molar-refractivity contribution >= 4 is 39.3 Å². The van der Waals surface area contributed by atoms with E-state index in [1.165, 1.54) is 12.1 Å². The van der Waals surface area contributed by atoms with E-state index in [1.807, 2.05) is 91.0 Å². The van der Waals surface area contributed by atoms with Gasteiger partial charge in [0, 0.05) is 0 Å². The Morgan fingerprint density at radius 2 is 1.21 bits per heavy atom. The summed E-state index contributed by atoms with van der Waals surface area (Å²) in [6, 6.07) is 33.2. The highest BCUT2D eigenvalue weighted by atomic mass is 32.2. The summed E-state index contributed by atoms with van der Waals surface area (Å²) in [6.07, 6.45) is 0.314. The molecule has 5 nitrogen and oxygen atoms in total. The summed E-state index contributed by atoms with van der Waals surface area (Å²) in [6.45, 7) is 0. The van der Waals surface area contributed by atoms with E-state index >= 15 is 0 Å². The molecule has 0 saturated heterocycles. The number of ether oxygens (including phenoxy) is 1. The molecule has 10 heteroatoms. The lowest BCUT2D eigenvalue weighted by Gasteiger charge is -2.28. The van der Waals surface area contributed by atoms with Gasteiger partial charge in [0.25, 0.3) is 0 Å². The van der Waals surface area contributed by atoms with Crippen molar-refractivity contribution in [2.24, 2.45) is 0 Å². The van der Waals surface area contributed by atoms with Gasteiger partial charge in [0.1, 0.15) is 28.7 Å². The fraction of sp³-hybridized carbons (Fsp3) is 0.107. The molecule has 0 aliphatic heterocycles. The van der Waals surface area contributed by atoms with Crippen LogP contribution in [0, 0.1) is 0 Å². The Bertz CT molecular complexity index is 1410. The number of methoxy groups -OCH3 is 1. The highest BCUT2D eigenvalue weighted by Gasteiger charge is 2.49. The quantitative estimate of drug-likeness (QED) is 0.129. The Balaban J connectivity index is 1.94. The van der Waals surface area contributed by atoms with Crippen LogP contribution in [-0.2, 0) is 21.0 Å². The number of halogens is 3. The minimum absolute atomic E-state index is 0.314. The van der Waals surface area contributed by atoms with Gasteiger partial charge in [-0.25, -0.2) is 4.79 Å². The Kier molecular flexibility index (Phi) is 7.90. The molecule has 0 aliphatic carbocycles. The third-order valence-corrected chi connectivity index (χ3v) is 11.3. The molecule has 0 spiro atoms. The van der Waals surface area contributed by atoms with Gasteiger partial charge in [0.2, 0.25) is 0 Å². The third-order valence-electron chi connectivity index (χ3n) is 5.94. The minimum Gasteiger partial charge on any atom is -0.465 e. The van der Waals surface area contributed by atoms with Crippen molar-refractivity contribution in [1.82, 2.24) is 0 Å². The predicted molar refractivity (Wildman–Crippen MR) is 142 cm³/mol. The molecule has 0 unspecified atom stereocenters.